The number of nitrogens with zero attached hydrogens (tertiary/aromatic N) is 1. The van der Waals surface area contributed by atoms with Gasteiger partial charge in [-0.25, -0.2) is 13.8 Å². The Balaban J connectivity index is 2.01. The Kier molecular flexibility index (Phi) is 2.67. The third-order valence-corrected chi connectivity index (χ3v) is 2.84. The molecule has 3 nitrogen and oxygen atoms in total. The molecule has 0 aliphatic carbocycles. The van der Waals surface area contributed by atoms with Crippen LogP contribution in [0.15, 0.2) is 36.4 Å². The molecule has 0 radical (unpaired) electrons. The molecule has 0 atom stereocenters. The van der Waals surface area contributed by atoms with E-state index >= 15 is 0 Å². The van der Waals surface area contributed by atoms with Crippen molar-refractivity contribution in [1.29, 1.82) is 0 Å². The highest BCUT2D eigenvalue weighted by Gasteiger charge is 2.10. The number of aryl methyl sites for hydroxylation is 1. The number of rotatable bonds is 2. The molecule has 5 heteroatoms. The van der Waals surface area contributed by atoms with E-state index in [2.05, 4.69) is 15.3 Å². The quantitative estimate of drug-likeness (QED) is 0.733. The fraction of sp³-hybridized carbons (Fsp3) is 0.0714. The number of H-pyrrole nitrogens is 1. The molecule has 0 bridgehead atoms. The summed E-state index contributed by atoms with van der Waals surface area (Å²) in [6, 6.07) is 9.40. The molecule has 19 heavy (non-hydrogen) atoms. The predicted molar refractivity (Wildman–Crippen MR) is 70.5 cm³/mol. The van der Waals surface area contributed by atoms with Crippen LogP contribution in [0, 0.1) is 18.6 Å². The zero-order valence-electron chi connectivity index (χ0n) is 10.2. The van der Waals surface area contributed by atoms with E-state index in [-0.39, 0.29) is 5.69 Å². The molecule has 1 heterocycles. The van der Waals surface area contributed by atoms with Crippen LogP contribution in [0.5, 0.6) is 0 Å². The zero-order chi connectivity index (χ0) is 13.4. The first-order chi connectivity index (χ1) is 9.13. The highest BCUT2D eigenvalue weighted by molar-refractivity contribution is 5.79. The van der Waals surface area contributed by atoms with Gasteiger partial charge in [0.2, 0.25) is 5.95 Å². The maximum absolute atomic E-state index is 13.5. The topological polar surface area (TPSA) is 40.7 Å². The van der Waals surface area contributed by atoms with Crippen molar-refractivity contribution in [3.63, 3.8) is 0 Å². The summed E-state index contributed by atoms with van der Waals surface area (Å²) in [5.41, 5.74) is 2.43. The number of nitrogens with one attached hydrogen (secondary N) is 2. The van der Waals surface area contributed by atoms with E-state index in [9.17, 15) is 8.78 Å². The van der Waals surface area contributed by atoms with Crippen LogP contribution in [0.25, 0.3) is 11.0 Å². The Morgan fingerprint density at radius 1 is 1.11 bits per heavy atom. The van der Waals surface area contributed by atoms with Gasteiger partial charge in [0, 0.05) is 0 Å². The second kappa shape index (κ2) is 4.35. The second-order valence-electron chi connectivity index (χ2n) is 4.33. The van der Waals surface area contributed by atoms with Crippen LogP contribution in [0.4, 0.5) is 20.4 Å². The first kappa shape index (κ1) is 11.6. The lowest BCUT2D eigenvalue weighted by Gasteiger charge is -2.04. The van der Waals surface area contributed by atoms with Crippen LogP contribution in [-0.2, 0) is 0 Å². The zero-order valence-corrected chi connectivity index (χ0v) is 10.2. The fourth-order valence-electron chi connectivity index (χ4n) is 1.92. The van der Waals surface area contributed by atoms with Crippen LogP contribution in [0.3, 0.4) is 0 Å². The third kappa shape index (κ3) is 2.14. The van der Waals surface area contributed by atoms with E-state index < -0.39 is 11.6 Å². The summed E-state index contributed by atoms with van der Waals surface area (Å²) in [7, 11) is 0. The number of imidazole rings is 1. The van der Waals surface area contributed by atoms with Crippen molar-refractivity contribution in [1.82, 2.24) is 9.97 Å². The van der Waals surface area contributed by atoms with Crippen molar-refractivity contribution >= 4 is 22.7 Å². The van der Waals surface area contributed by atoms with Gasteiger partial charge in [-0.1, -0.05) is 12.1 Å². The molecule has 0 aliphatic rings. The lowest BCUT2D eigenvalue weighted by atomic mass is 10.2. The Morgan fingerprint density at radius 2 is 1.84 bits per heavy atom. The van der Waals surface area contributed by atoms with Gasteiger partial charge in [-0.3, -0.25) is 0 Å². The van der Waals surface area contributed by atoms with Gasteiger partial charge in [-0.15, -0.1) is 0 Å². The van der Waals surface area contributed by atoms with Crippen LogP contribution < -0.4 is 5.32 Å². The van der Waals surface area contributed by atoms with Gasteiger partial charge >= 0.3 is 0 Å². The monoisotopic (exact) mass is 259 g/mol. The van der Waals surface area contributed by atoms with Gasteiger partial charge in [0.1, 0.15) is 17.3 Å². The summed E-state index contributed by atoms with van der Waals surface area (Å²) in [6.45, 7) is 1.96. The smallest absolute Gasteiger partial charge is 0.205 e. The lowest BCUT2D eigenvalue weighted by Crippen LogP contribution is -1.98. The van der Waals surface area contributed by atoms with Crippen molar-refractivity contribution in [3.8, 4) is 0 Å². The molecule has 2 N–H and O–H groups in total. The highest BCUT2D eigenvalue weighted by Crippen LogP contribution is 2.23. The van der Waals surface area contributed by atoms with Gasteiger partial charge in [-0.2, -0.15) is 0 Å². The first-order valence-corrected chi connectivity index (χ1v) is 5.81. The molecule has 0 amide bonds. The number of aromatic nitrogens is 2. The number of hydrogen-bond donors (Lipinski definition) is 2. The average molecular weight is 259 g/mol. The van der Waals surface area contributed by atoms with E-state index in [0.717, 1.165) is 16.6 Å². The minimum absolute atomic E-state index is 0.210. The molecule has 96 valence electrons. The van der Waals surface area contributed by atoms with E-state index in [4.69, 9.17) is 0 Å². The molecule has 0 saturated carbocycles. The molecular weight excluding hydrogens is 248 g/mol. The summed E-state index contributed by atoms with van der Waals surface area (Å²) in [5.74, 6) is -1.00. The largest absolute Gasteiger partial charge is 0.324 e. The molecule has 3 rings (SSSR count). The maximum Gasteiger partial charge on any atom is 0.205 e. The Labute approximate surface area is 108 Å². The van der Waals surface area contributed by atoms with Crippen LogP contribution in [-0.4, -0.2) is 9.97 Å². The standard InChI is InChI=1S/C14H11F2N3/c1-8-5-6-11-12(7-8)18-14(17-11)19-13-9(15)3-2-4-10(13)16/h2-7H,1H3,(H2,17,18,19). The number of halogens is 2. The van der Waals surface area contributed by atoms with Gasteiger partial charge in [0.25, 0.3) is 0 Å². The third-order valence-electron chi connectivity index (χ3n) is 2.84. The molecule has 0 unspecified atom stereocenters. The van der Waals surface area contributed by atoms with E-state index in [1.165, 1.54) is 18.2 Å². The number of fused-ring (bicyclic) bond motifs is 1. The van der Waals surface area contributed by atoms with Crippen LogP contribution >= 0.6 is 0 Å². The van der Waals surface area contributed by atoms with Gasteiger partial charge < -0.3 is 10.3 Å². The highest BCUT2D eigenvalue weighted by atomic mass is 19.1. The van der Waals surface area contributed by atoms with Gasteiger partial charge in [-0.05, 0) is 36.8 Å². The number of anilines is 2. The molecular formula is C14H11F2N3. The summed E-state index contributed by atoms with van der Waals surface area (Å²) in [6.07, 6.45) is 0. The van der Waals surface area contributed by atoms with Crippen molar-refractivity contribution < 1.29 is 8.78 Å². The summed E-state index contributed by atoms with van der Waals surface area (Å²) >= 11 is 0. The molecule has 0 spiro atoms. The van der Waals surface area contributed by atoms with E-state index in [1.54, 1.807) is 0 Å². The average Bonchev–Trinajstić information content (AvgIpc) is 2.75. The minimum Gasteiger partial charge on any atom is -0.324 e. The number of para-hydroxylation sites is 1. The molecule has 0 fully saturated rings. The van der Waals surface area contributed by atoms with Crippen molar-refractivity contribution in [2.45, 2.75) is 6.92 Å². The SMILES string of the molecule is Cc1ccc2nc(Nc3c(F)cccc3F)[nH]c2c1. The summed E-state index contributed by atoms with van der Waals surface area (Å²) in [4.78, 5) is 7.22. The van der Waals surface area contributed by atoms with Crippen LogP contribution in [0.1, 0.15) is 5.56 Å². The molecule has 2 aromatic carbocycles. The van der Waals surface area contributed by atoms with Crippen molar-refractivity contribution in [3.05, 3.63) is 53.6 Å². The van der Waals surface area contributed by atoms with Gasteiger partial charge in [0.05, 0.1) is 11.0 Å². The maximum atomic E-state index is 13.5. The number of benzene rings is 2. The fourth-order valence-corrected chi connectivity index (χ4v) is 1.92. The molecule has 0 aliphatic heterocycles. The molecule has 3 aromatic rings. The number of hydrogen-bond acceptors (Lipinski definition) is 2. The molecule has 1 aromatic heterocycles. The Bertz CT molecular complexity index is 729. The summed E-state index contributed by atoms with van der Waals surface area (Å²) < 4.78 is 27.0. The van der Waals surface area contributed by atoms with E-state index in [0.29, 0.717) is 5.95 Å². The Morgan fingerprint density at radius 3 is 2.58 bits per heavy atom. The Hall–Kier alpha value is -2.43. The minimum atomic E-state index is -0.656. The van der Waals surface area contributed by atoms with Gasteiger partial charge in [0.15, 0.2) is 0 Å². The van der Waals surface area contributed by atoms with Crippen molar-refractivity contribution in [2.24, 2.45) is 0 Å². The lowest BCUT2D eigenvalue weighted by molar-refractivity contribution is 0.590. The first-order valence-electron chi connectivity index (χ1n) is 5.81. The summed E-state index contributed by atoms with van der Waals surface area (Å²) in [5, 5.41) is 2.63. The molecule has 0 saturated heterocycles. The second-order valence-corrected chi connectivity index (χ2v) is 4.33. The van der Waals surface area contributed by atoms with Crippen LogP contribution in [0.2, 0.25) is 0 Å². The number of aromatic amines is 1. The van der Waals surface area contributed by atoms with Crippen molar-refractivity contribution in [2.75, 3.05) is 5.32 Å². The predicted octanol–water partition coefficient (Wildman–Crippen LogP) is 3.89. The van der Waals surface area contributed by atoms with E-state index in [1.807, 2.05) is 25.1 Å². The normalized spacial score (nSPS) is 10.9.